The molecule has 1 aliphatic rings. The zero-order chi connectivity index (χ0) is 16.7. The summed E-state index contributed by atoms with van der Waals surface area (Å²) in [4.78, 5) is 24.5. The predicted molar refractivity (Wildman–Crippen MR) is 92.2 cm³/mol. The van der Waals surface area contributed by atoms with E-state index in [0.717, 1.165) is 29.5 Å². The molecular weight excluding hydrogens is 302 g/mol. The topological polar surface area (TPSA) is 59.3 Å². The van der Waals surface area contributed by atoms with Crippen LogP contribution in [0.5, 0.6) is 0 Å². The molecule has 3 aromatic rings. The average molecular weight is 319 g/mol. The molecular formula is C20H17NO3. The highest BCUT2D eigenvalue weighted by molar-refractivity contribution is 6.10. The zero-order valence-corrected chi connectivity index (χ0v) is 13.3. The van der Waals surface area contributed by atoms with Gasteiger partial charge >= 0.3 is 0 Å². The minimum absolute atomic E-state index is 0.0658. The van der Waals surface area contributed by atoms with Gasteiger partial charge in [0.05, 0.1) is 0 Å². The fourth-order valence-electron chi connectivity index (χ4n) is 2.83. The molecule has 1 aliphatic carbocycles. The van der Waals surface area contributed by atoms with E-state index in [2.05, 4.69) is 5.32 Å². The molecule has 0 radical (unpaired) electrons. The number of anilines is 1. The van der Waals surface area contributed by atoms with Crippen molar-refractivity contribution in [1.82, 2.24) is 0 Å². The predicted octanol–water partition coefficient (Wildman–Crippen LogP) is 4.32. The lowest BCUT2D eigenvalue weighted by Crippen LogP contribution is -2.12. The van der Waals surface area contributed by atoms with Gasteiger partial charge in [-0.05, 0) is 38.0 Å². The quantitative estimate of drug-likeness (QED) is 0.729. The molecule has 4 nitrogen and oxygen atoms in total. The first-order valence-corrected chi connectivity index (χ1v) is 8.07. The second kappa shape index (κ2) is 5.64. The number of carbonyl (C=O) groups is 2. The Kier molecular flexibility index (Phi) is 3.45. The van der Waals surface area contributed by atoms with Crippen molar-refractivity contribution in [1.29, 1.82) is 0 Å². The molecule has 1 saturated carbocycles. The van der Waals surface area contributed by atoms with Crippen LogP contribution >= 0.6 is 0 Å². The lowest BCUT2D eigenvalue weighted by molar-refractivity contribution is -0.117. The van der Waals surface area contributed by atoms with Crippen LogP contribution in [0.4, 0.5) is 5.69 Å². The van der Waals surface area contributed by atoms with Crippen LogP contribution in [0.1, 0.15) is 34.5 Å². The summed E-state index contributed by atoms with van der Waals surface area (Å²) in [5, 5.41) is 3.78. The first kappa shape index (κ1) is 14.7. The van der Waals surface area contributed by atoms with Gasteiger partial charge in [0, 0.05) is 28.1 Å². The van der Waals surface area contributed by atoms with Gasteiger partial charge < -0.3 is 9.73 Å². The van der Waals surface area contributed by atoms with Gasteiger partial charge in [-0.3, -0.25) is 9.59 Å². The lowest BCUT2D eigenvalue weighted by Gasteiger charge is -2.03. The minimum Gasteiger partial charge on any atom is -0.452 e. The Morgan fingerprint density at radius 1 is 1.08 bits per heavy atom. The van der Waals surface area contributed by atoms with Gasteiger partial charge in [0.15, 0.2) is 5.76 Å². The Labute approximate surface area is 139 Å². The molecule has 1 heterocycles. The fraction of sp³-hybridized carbons (Fsp3) is 0.200. The number of hydrogen-bond donors (Lipinski definition) is 1. The Bertz CT molecular complexity index is 936. The molecule has 0 unspecified atom stereocenters. The standard InChI is InChI=1S/C20H17NO3/c1-12-16-11-15(21-20(23)14-7-8-14)9-10-17(16)24-19(12)18(22)13-5-3-2-4-6-13/h2-6,9-11,14H,7-8H2,1H3,(H,21,23). The van der Waals surface area contributed by atoms with Crippen LogP contribution in [0, 0.1) is 12.8 Å². The fourth-order valence-corrected chi connectivity index (χ4v) is 2.83. The summed E-state index contributed by atoms with van der Waals surface area (Å²) < 4.78 is 5.77. The van der Waals surface area contributed by atoms with E-state index < -0.39 is 0 Å². The Morgan fingerprint density at radius 3 is 2.54 bits per heavy atom. The Morgan fingerprint density at radius 2 is 1.83 bits per heavy atom. The van der Waals surface area contributed by atoms with Gasteiger partial charge in [-0.2, -0.15) is 0 Å². The summed E-state index contributed by atoms with van der Waals surface area (Å²) in [5.74, 6) is 0.437. The molecule has 0 bridgehead atoms. The number of hydrogen-bond acceptors (Lipinski definition) is 3. The van der Waals surface area contributed by atoms with E-state index >= 15 is 0 Å². The van der Waals surface area contributed by atoms with Gasteiger partial charge in [0.2, 0.25) is 11.7 Å². The molecule has 1 amide bonds. The smallest absolute Gasteiger partial charge is 0.228 e. The number of ketones is 1. The van der Waals surface area contributed by atoms with E-state index in [0.29, 0.717) is 16.9 Å². The van der Waals surface area contributed by atoms with Crippen molar-refractivity contribution in [2.45, 2.75) is 19.8 Å². The SMILES string of the molecule is Cc1c(C(=O)c2ccccc2)oc2ccc(NC(=O)C3CC3)cc12. The molecule has 120 valence electrons. The summed E-state index contributed by atoms with van der Waals surface area (Å²) in [6.45, 7) is 1.87. The van der Waals surface area contributed by atoms with E-state index in [1.54, 1.807) is 18.2 Å². The van der Waals surface area contributed by atoms with E-state index in [-0.39, 0.29) is 17.6 Å². The molecule has 0 aliphatic heterocycles. The first-order chi connectivity index (χ1) is 11.6. The molecule has 0 atom stereocenters. The summed E-state index contributed by atoms with van der Waals surface area (Å²) in [6, 6.07) is 14.6. The monoisotopic (exact) mass is 319 g/mol. The third-order valence-electron chi connectivity index (χ3n) is 4.39. The van der Waals surface area contributed by atoms with E-state index in [1.807, 2.05) is 37.3 Å². The maximum Gasteiger partial charge on any atom is 0.228 e. The lowest BCUT2D eigenvalue weighted by atomic mass is 10.0. The van der Waals surface area contributed by atoms with Gasteiger partial charge in [0.25, 0.3) is 0 Å². The number of rotatable bonds is 4. The third kappa shape index (κ3) is 2.60. The van der Waals surface area contributed by atoms with Crippen LogP contribution in [-0.4, -0.2) is 11.7 Å². The molecule has 4 rings (SSSR count). The molecule has 1 aromatic heterocycles. The summed E-state index contributed by atoms with van der Waals surface area (Å²) in [6.07, 6.45) is 1.93. The second-order valence-corrected chi connectivity index (χ2v) is 6.23. The van der Waals surface area contributed by atoms with Gasteiger partial charge in [-0.1, -0.05) is 30.3 Å². The first-order valence-electron chi connectivity index (χ1n) is 8.07. The highest BCUT2D eigenvalue weighted by Gasteiger charge is 2.29. The Hall–Kier alpha value is -2.88. The number of carbonyl (C=O) groups excluding carboxylic acids is 2. The minimum atomic E-state index is -0.132. The van der Waals surface area contributed by atoms with E-state index in [9.17, 15) is 9.59 Å². The number of amides is 1. The van der Waals surface area contributed by atoms with Crippen LogP contribution in [0.2, 0.25) is 0 Å². The molecule has 0 saturated heterocycles. The van der Waals surface area contributed by atoms with Crippen LogP contribution < -0.4 is 5.32 Å². The molecule has 24 heavy (non-hydrogen) atoms. The largest absolute Gasteiger partial charge is 0.452 e. The van der Waals surface area contributed by atoms with Crippen molar-refractivity contribution in [2.24, 2.45) is 5.92 Å². The highest BCUT2D eigenvalue weighted by atomic mass is 16.3. The van der Waals surface area contributed by atoms with Crippen LogP contribution in [-0.2, 0) is 4.79 Å². The van der Waals surface area contributed by atoms with Gasteiger partial charge in [-0.15, -0.1) is 0 Å². The summed E-state index contributed by atoms with van der Waals surface area (Å²) in [7, 11) is 0. The highest BCUT2D eigenvalue weighted by Crippen LogP contribution is 2.32. The third-order valence-corrected chi connectivity index (χ3v) is 4.39. The molecule has 4 heteroatoms. The summed E-state index contributed by atoms with van der Waals surface area (Å²) >= 11 is 0. The number of benzene rings is 2. The van der Waals surface area contributed by atoms with Crippen molar-refractivity contribution >= 4 is 28.3 Å². The molecule has 1 fully saturated rings. The number of aryl methyl sites for hydroxylation is 1. The van der Waals surface area contributed by atoms with Crippen molar-refractivity contribution in [3.63, 3.8) is 0 Å². The summed E-state index contributed by atoms with van der Waals surface area (Å²) in [5.41, 5.74) is 2.78. The van der Waals surface area contributed by atoms with Crippen molar-refractivity contribution < 1.29 is 14.0 Å². The van der Waals surface area contributed by atoms with Crippen LogP contribution in [0.3, 0.4) is 0 Å². The Balaban J connectivity index is 1.69. The average Bonchev–Trinajstić information content (AvgIpc) is 3.41. The molecule has 0 spiro atoms. The normalized spacial score (nSPS) is 13.9. The maximum atomic E-state index is 12.6. The van der Waals surface area contributed by atoms with Crippen molar-refractivity contribution in [3.05, 3.63) is 65.4 Å². The van der Waals surface area contributed by atoms with Crippen molar-refractivity contribution in [2.75, 3.05) is 5.32 Å². The molecule has 2 aromatic carbocycles. The number of nitrogens with one attached hydrogen (secondary N) is 1. The van der Waals surface area contributed by atoms with E-state index in [1.165, 1.54) is 0 Å². The van der Waals surface area contributed by atoms with Crippen molar-refractivity contribution in [3.8, 4) is 0 Å². The zero-order valence-electron chi connectivity index (χ0n) is 13.3. The second-order valence-electron chi connectivity index (χ2n) is 6.23. The van der Waals surface area contributed by atoms with Crippen LogP contribution in [0.15, 0.2) is 52.9 Å². The molecule has 1 N–H and O–H groups in total. The van der Waals surface area contributed by atoms with E-state index in [4.69, 9.17) is 4.42 Å². The van der Waals surface area contributed by atoms with Gasteiger partial charge in [-0.25, -0.2) is 0 Å². The maximum absolute atomic E-state index is 12.6. The van der Waals surface area contributed by atoms with Gasteiger partial charge in [0.1, 0.15) is 5.58 Å². The number of furan rings is 1. The number of fused-ring (bicyclic) bond motifs is 1. The van der Waals surface area contributed by atoms with Crippen LogP contribution in [0.25, 0.3) is 11.0 Å².